The standard InChI is InChI=1S/C26H30BrN3O3S2/c1-17(27)15-23(34-3)35-29-12-5-7-18(16-29)25(31)28-21-10-11-22-24-19(21)8-4-9-20(24)26(32)30(22)13-6-14-33-2/h4,8-11,15,18H,1,5-7,12-14,16H2,2-3H3,(H,28,31)/b23-15+. The van der Waals surface area contributed by atoms with Gasteiger partial charge in [-0.15, -0.1) is 11.8 Å². The van der Waals surface area contributed by atoms with E-state index in [0.717, 1.165) is 56.7 Å². The molecular weight excluding hydrogens is 546 g/mol. The van der Waals surface area contributed by atoms with Crippen molar-refractivity contribution < 1.29 is 14.3 Å². The van der Waals surface area contributed by atoms with E-state index in [1.165, 1.54) is 0 Å². The molecule has 1 unspecified atom stereocenters. The van der Waals surface area contributed by atoms with Crippen molar-refractivity contribution >= 4 is 73.6 Å². The molecule has 6 nitrogen and oxygen atoms in total. The van der Waals surface area contributed by atoms with Gasteiger partial charge in [0.1, 0.15) is 0 Å². The smallest absolute Gasteiger partial charge is 0.258 e. The number of benzene rings is 2. The number of ether oxygens (including phenoxy) is 1. The molecule has 0 aromatic heterocycles. The van der Waals surface area contributed by atoms with E-state index in [9.17, 15) is 9.59 Å². The predicted molar refractivity (Wildman–Crippen MR) is 152 cm³/mol. The van der Waals surface area contributed by atoms with Crippen molar-refractivity contribution in [2.24, 2.45) is 5.92 Å². The summed E-state index contributed by atoms with van der Waals surface area (Å²) < 4.78 is 9.39. The Balaban J connectivity index is 1.50. The van der Waals surface area contributed by atoms with Crippen molar-refractivity contribution in [1.29, 1.82) is 0 Å². The van der Waals surface area contributed by atoms with Crippen LogP contribution in [0.5, 0.6) is 0 Å². The molecule has 0 bridgehead atoms. The number of amides is 2. The maximum absolute atomic E-state index is 13.3. The number of anilines is 2. The summed E-state index contributed by atoms with van der Waals surface area (Å²) in [5, 5.41) is 4.99. The first kappa shape index (κ1) is 26.3. The zero-order valence-corrected chi connectivity index (χ0v) is 23.2. The molecule has 1 fully saturated rings. The fourth-order valence-corrected chi connectivity index (χ4v) is 6.93. The summed E-state index contributed by atoms with van der Waals surface area (Å²) in [7, 11) is 1.67. The summed E-state index contributed by atoms with van der Waals surface area (Å²) in [6.45, 7) is 6.74. The van der Waals surface area contributed by atoms with Crippen molar-refractivity contribution in [2.45, 2.75) is 19.3 Å². The molecule has 9 heteroatoms. The number of halogens is 1. The Morgan fingerprint density at radius 2 is 2.17 bits per heavy atom. The molecule has 2 heterocycles. The van der Waals surface area contributed by atoms with Gasteiger partial charge in [0.05, 0.1) is 15.8 Å². The average Bonchev–Trinajstić information content (AvgIpc) is 3.12. The van der Waals surface area contributed by atoms with E-state index in [1.54, 1.807) is 30.8 Å². The Labute approximate surface area is 223 Å². The molecule has 2 amide bonds. The monoisotopic (exact) mass is 575 g/mol. The molecule has 1 N–H and O–H groups in total. The SMILES string of the molecule is C=C(Br)/C=C(\SC)SN1CCCC(C(=O)Nc2ccc3c4c(cccc24)C(=O)N3CCCOC)C1. The first-order chi connectivity index (χ1) is 16.9. The predicted octanol–water partition coefficient (Wildman–Crippen LogP) is 6.25. The summed E-state index contributed by atoms with van der Waals surface area (Å²) in [6, 6.07) is 9.61. The van der Waals surface area contributed by atoms with Gasteiger partial charge in [-0.25, -0.2) is 4.31 Å². The number of carbonyl (C=O) groups is 2. The number of allylic oxidation sites excluding steroid dienone is 2. The van der Waals surface area contributed by atoms with Crippen LogP contribution in [-0.2, 0) is 9.53 Å². The van der Waals surface area contributed by atoms with Crippen LogP contribution in [-0.4, -0.2) is 55.7 Å². The first-order valence-electron chi connectivity index (χ1n) is 11.6. The lowest BCUT2D eigenvalue weighted by atomic mass is 9.98. The number of hydrogen-bond donors (Lipinski definition) is 1. The highest BCUT2D eigenvalue weighted by Crippen LogP contribution is 2.41. The molecule has 2 aliphatic heterocycles. The van der Waals surface area contributed by atoms with E-state index in [1.807, 2.05) is 47.6 Å². The summed E-state index contributed by atoms with van der Waals surface area (Å²) in [5.74, 6) is -0.0625. The number of nitrogens with one attached hydrogen (secondary N) is 1. The van der Waals surface area contributed by atoms with E-state index in [0.29, 0.717) is 25.3 Å². The van der Waals surface area contributed by atoms with Crippen molar-refractivity contribution in [3.63, 3.8) is 0 Å². The van der Waals surface area contributed by atoms with E-state index >= 15 is 0 Å². The second-order valence-corrected chi connectivity index (χ2v) is 11.8. The van der Waals surface area contributed by atoms with Gasteiger partial charge in [0.2, 0.25) is 5.91 Å². The molecule has 1 saturated heterocycles. The minimum atomic E-state index is -0.0956. The summed E-state index contributed by atoms with van der Waals surface area (Å²) in [5.41, 5.74) is 2.35. The van der Waals surface area contributed by atoms with E-state index in [-0.39, 0.29) is 17.7 Å². The van der Waals surface area contributed by atoms with Crippen LogP contribution in [0, 0.1) is 5.92 Å². The highest BCUT2D eigenvalue weighted by molar-refractivity contribution is 9.11. The summed E-state index contributed by atoms with van der Waals surface area (Å²) >= 11 is 6.75. The third-order valence-corrected chi connectivity index (χ3v) is 8.58. The first-order valence-corrected chi connectivity index (χ1v) is 14.4. The number of thioether (sulfide) groups is 1. The van der Waals surface area contributed by atoms with Gasteiger partial charge in [-0.2, -0.15) is 0 Å². The zero-order valence-electron chi connectivity index (χ0n) is 20.0. The van der Waals surface area contributed by atoms with Crippen LogP contribution in [0.4, 0.5) is 11.4 Å². The van der Waals surface area contributed by atoms with Crippen LogP contribution in [0.15, 0.2) is 51.7 Å². The molecular formula is C26H30BrN3O3S2. The van der Waals surface area contributed by atoms with Crippen LogP contribution in [0.3, 0.4) is 0 Å². The van der Waals surface area contributed by atoms with Crippen molar-refractivity contribution in [2.75, 3.05) is 49.8 Å². The summed E-state index contributed by atoms with van der Waals surface area (Å²) in [4.78, 5) is 28.2. The lowest BCUT2D eigenvalue weighted by molar-refractivity contribution is -0.120. The van der Waals surface area contributed by atoms with Crippen molar-refractivity contribution in [1.82, 2.24) is 4.31 Å². The van der Waals surface area contributed by atoms with E-state index < -0.39 is 0 Å². The molecule has 0 saturated carbocycles. The molecule has 1 atom stereocenters. The third kappa shape index (κ3) is 5.97. The highest BCUT2D eigenvalue weighted by Gasteiger charge is 2.31. The Morgan fingerprint density at radius 3 is 2.91 bits per heavy atom. The lowest BCUT2D eigenvalue weighted by Gasteiger charge is -2.31. The number of hydrogen-bond acceptors (Lipinski definition) is 6. The molecule has 0 radical (unpaired) electrons. The van der Waals surface area contributed by atoms with Gasteiger partial charge < -0.3 is 15.0 Å². The zero-order chi connectivity index (χ0) is 24.9. The topological polar surface area (TPSA) is 61.9 Å². The Morgan fingerprint density at radius 1 is 1.34 bits per heavy atom. The van der Waals surface area contributed by atoms with Crippen LogP contribution >= 0.6 is 39.6 Å². The van der Waals surface area contributed by atoms with Crippen LogP contribution in [0.25, 0.3) is 10.8 Å². The third-order valence-electron chi connectivity index (χ3n) is 6.22. The largest absolute Gasteiger partial charge is 0.385 e. The summed E-state index contributed by atoms with van der Waals surface area (Å²) in [6.07, 6.45) is 6.65. The van der Waals surface area contributed by atoms with Crippen LogP contribution in [0.2, 0.25) is 0 Å². The molecule has 0 aliphatic carbocycles. The second kappa shape index (κ2) is 12.0. The van der Waals surface area contributed by atoms with E-state index in [4.69, 9.17) is 4.74 Å². The minimum absolute atomic E-state index is 0.00828. The maximum Gasteiger partial charge on any atom is 0.258 e. The minimum Gasteiger partial charge on any atom is -0.385 e. The maximum atomic E-state index is 13.3. The van der Waals surface area contributed by atoms with Gasteiger partial charge in [-0.3, -0.25) is 9.59 Å². The van der Waals surface area contributed by atoms with Crippen molar-refractivity contribution in [3.05, 3.63) is 57.3 Å². The number of piperidine rings is 1. The number of methoxy groups -OCH3 is 1. The Kier molecular flexibility index (Phi) is 8.99. The fraction of sp³-hybridized carbons (Fsp3) is 0.385. The van der Waals surface area contributed by atoms with Gasteiger partial charge in [0.15, 0.2) is 0 Å². The van der Waals surface area contributed by atoms with Crippen LogP contribution < -0.4 is 10.2 Å². The number of nitrogens with zero attached hydrogens (tertiary/aromatic N) is 2. The lowest BCUT2D eigenvalue weighted by Crippen LogP contribution is -2.37. The molecule has 186 valence electrons. The number of carbonyl (C=O) groups excluding carboxylic acids is 2. The number of rotatable bonds is 10. The van der Waals surface area contributed by atoms with Gasteiger partial charge in [-0.1, -0.05) is 34.6 Å². The molecule has 4 rings (SSSR count). The Bertz CT molecular complexity index is 1170. The Hall–Kier alpha value is -1.78. The van der Waals surface area contributed by atoms with Gasteiger partial charge in [0, 0.05) is 59.9 Å². The second-order valence-electron chi connectivity index (χ2n) is 8.59. The highest BCUT2D eigenvalue weighted by atomic mass is 79.9. The molecule has 0 spiro atoms. The average molecular weight is 577 g/mol. The van der Waals surface area contributed by atoms with E-state index in [2.05, 4.69) is 32.1 Å². The molecule has 2 aliphatic rings. The molecule has 2 aromatic rings. The van der Waals surface area contributed by atoms with Crippen LogP contribution in [0.1, 0.15) is 29.6 Å². The molecule has 2 aromatic carbocycles. The van der Waals surface area contributed by atoms with Gasteiger partial charge in [-0.05, 0) is 61.7 Å². The normalized spacial score (nSPS) is 18.4. The molecule has 35 heavy (non-hydrogen) atoms. The van der Waals surface area contributed by atoms with Crippen molar-refractivity contribution in [3.8, 4) is 0 Å². The van der Waals surface area contributed by atoms with Gasteiger partial charge >= 0.3 is 0 Å². The quantitative estimate of drug-likeness (QED) is 0.205. The fourth-order valence-electron chi connectivity index (χ4n) is 4.60. The van der Waals surface area contributed by atoms with Gasteiger partial charge in [0.25, 0.3) is 5.91 Å².